The van der Waals surface area contributed by atoms with Crippen LogP contribution >= 0.6 is 0 Å². The summed E-state index contributed by atoms with van der Waals surface area (Å²) in [5.74, 6) is 0. The van der Waals surface area contributed by atoms with E-state index >= 15 is 0 Å². The Morgan fingerprint density at radius 2 is 1.00 bits per heavy atom. The van der Waals surface area contributed by atoms with Gasteiger partial charge in [0.05, 0.1) is 10.5 Å². The van der Waals surface area contributed by atoms with Crippen molar-refractivity contribution < 1.29 is 33.7 Å². The summed E-state index contributed by atoms with van der Waals surface area (Å²) in [6.45, 7) is 1.31. The quantitative estimate of drug-likeness (QED) is 0.217. The lowest BCUT2D eigenvalue weighted by Crippen LogP contribution is -2.35. The Labute approximate surface area is 196 Å². The van der Waals surface area contributed by atoms with Crippen LogP contribution in [-0.4, -0.2) is 59.8 Å². The van der Waals surface area contributed by atoms with Crippen molar-refractivity contribution in [1.82, 2.24) is 9.66 Å². The molecule has 0 bridgehead atoms. The maximum absolute atomic E-state index is 12.5. The van der Waals surface area contributed by atoms with Gasteiger partial charge in [-0.05, 0) is 32.1 Å². The lowest BCUT2D eigenvalue weighted by molar-refractivity contribution is 0.478. The van der Waals surface area contributed by atoms with Crippen molar-refractivity contribution >= 4 is 50.8 Å². The highest BCUT2D eigenvalue weighted by Crippen LogP contribution is 2.24. The minimum Gasteiger partial charge on any atom is -0.221 e. The van der Waals surface area contributed by atoms with Gasteiger partial charge in [0.25, 0.3) is 0 Å². The second-order valence-corrected chi connectivity index (χ2v) is 16.4. The SMILES string of the molecule is CCC(S(=O)(=O)C=NNS(=O)(=O)C1CCCCC1)S(=O)(=O)C=NNS(=O)(=O)C1CCCCC1. The summed E-state index contributed by atoms with van der Waals surface area (Å²) in [6, 6.07) is 0. The predicted octanol–water partition coefficient (Wildman–Crippen LogP) is 0.943. The highest BCUT2D eigenvalue weighted by molar-refractivity contribution is 8.20. The van der Waals surface area contributed by atoms with E-state index < -0.39 is 54.8 Å². The molecule has 0 spiro atoms. The molecule has 12 nitrogen and oxygen atoms in total. The van der Waals surface area contributed by atoms with Crippen LogP contribution in [0.25, 0.3) is 0 Å². The first-order valence-electron chi connectivity index (χ1n) is 10.9. The van der Waals surface area contributed by atoms with Crippen molar-refractivity contribution in [2.24, 2.45) is 10.2 Å². The molecule has 33 heavy (non-hydrogen) atoms. The summed E-state index contributed by atoms with van der Waals surface area (Å²) < 4.78 is 97.1. The van der Waals surface area contributed by atoms with Gasteiger partial charge < -0.3 is 0 Å². The van der Waals surface area contributed by atoms with Crippen LogP contribution in [0.3, 0.4) is 0 Å². The Balaban J connectivity index is 2.07. The van der Waals surface area contributed by atoms with Crippen LogP contribution in [0.1, 0.15) is 77.6 Å². The number of sulfonamides is 2. The van der Waals surface area contributed by atoms with Gasteiger partial charge in [0.2, 0.25) is 39.7 Å². The summed E-state index contributed by atoms with van der Waals surface area (Å²) in [7, 11) is -16.8. The maximum atomic E-state index is 12.5. The number of hydrazone groups is 2. The van der Waals surface area contributed by atoms with E-state index in [2.05, 4.69) is 10.2 Å². The van der Waals surface area contributed by atoms with Gasteiger partial charge in [-0.2, -0.15) is 10.2 Å². The summed E-state index contributed by atoms with van der Waals surface area (Å²) in [5, 5.41) is 5.20. The third kappa shape index (κ3) is 7.89. The molecule has 0 aromatic heterocycles. The Morgan fingerprint density at radius 3 is 1.30 bits per heavy atom. The van der Waals surface area contributed by atoms with E-state index in [-0.39, 0.29) is 17.5 Å². The van der Waals surface area contributed by atoms with E-state index in [1.54, 1.807) is 0 Å². The third-order valence-corrected chi connectivity index (χ3v) is 13.8. The average molecular weight is 549 g/mol. The van der Waals surface area contributed by atoms with E-state index in [1.807, 2.05) is 9.66 Å². The fourth-order valence-corrected chi connectivity index (χ4v) is 10.2. The number of hydrogen-bond acceptors (Lipinski definition) is 10. The van der Waals surface area contributed by atoms with Crippen molar-refractivity contribution in [1.29, 1.82) is 0 Å². The Kier molecular flexibility index (Phi) is 9.70. The molecule has 0 aromatic carbocycles. The van der Waals surface area contributed by atoms with Gasteiger partial charge in [-0.1, -0.05) is 45.4 Å². The van der Waals surface area contributed by atoms with E-state index in [9.17, 15) is 33.7 Å². The molecule has 2 aliphatic rings. The first kappa shape index (κ1) is 28.0. The van der Waals surface area contributed by atoms with Crippen LogP contribution in [0, 0.1) is 0 Å². The monoisotopic (exact) mass is 548 g/mol. The average Bonchev–Trinajstić information content (AvgIpc) is 2.74. The molecule has 2 N–H and O–H groups in total. The predicted molar refractivity (Wildman–Crippen MR) is 127 cm³/mol. The molecular weight excluding hydrogens is 516 g/mol. The normalized spacial score (nSPS) is 21.4. The fourth-order valence-electron chi connectivity index (χ4n) is 4.02. The second-order valence-electron chi connectivity index (χ2n) is 8.28. The number of rotatable bonds is 11. The molecular formula is C17H32N4O8S4. The summed E-state index contributed by atoms with van der Waals surface area (Å²) >= 11 is 0. The van der Waals surface area contributed by atoms with E-state index in [0.29, 0.717) is 25.7 Å². The van der Waals surface area contributed by atoms with Gasteiger partial charge in [0, 0.05) is 0 Å². The lowest BCUT2D eigenvalue weighted by atomic mass is 10.0. The maximum Gasteiger partial charge on any atom is 0.250 e. The summed E-state index contributed by atoms with van der Waals surface area (Å²) in [5.41, 5.74) is 0.526. The number of nitrogens with zero attached hydrogens (tertiary/aromatic N) is 2. The minimum atomic E-state index is -4.54. The Bertz CT molecular complexity index is 1040. The molecule has 0 aromatic rings. The largest absolute Gasteiger partial charge is 0.250 e. The Hall–Kier alpha value is -1.26. The van der Waals surface area contributed by atoms with Crippen LogP contribution in [-0.2, 0) is 39.7 Å². The molecule has 0 aliphatic heterocycles. The first-order valence-corrected chi connectivity index (χ1v) is 17.2. The van der Waals surface area contributed by atoms with Gasteiger partial charge in [-0.25, -0.2) is 43.3 Å². The van der Waals surface area contributed by atoms with Crippen LogP contribution in [0.15, 0.2) is 10.2 Å². The molecule has 0 saturated heterocycles. The number of hydrogen-bond donors (Lipinski definition) is 2. The number of sulfone groups is 2. The van der Waals surface area contributed by atoms with Crippen molar-refractivity contribution in [3.8, 4) is 0 Å². The molecule has 2 fully saturated rings. The topological polar surface area (TPSA) is 185 Å². The summed E-state index contributed by atoms with van der Waals surface area (Å²) in [6.07, 6.45) is 6.22. The fraction of sp³-hybridized carbons (Fsp3) is 0.882. The standard InChI is InChI=1S/C17H32N4O8S4/c1-2-17(30(22,23)13-18-20-32(26,27)15-9-5-3-6-10-15)31(24,25)14-19-21-33(28,29)16-11-7-4-8-12-16/h13-17,20-21H,2-12H2,1H3. The van der Waals surface area contributed by atoms with Crippen LogP contribution in [0.5, 0.6) is 0 Å². The summed E-state index contributed by atoms with van der Waals surface area (Å²) in [4.78, 5) is 3.71. The lowest BCUT2D eigenvalue weighted by Gasteiger charge is -2.21. The molecule has 0 heterocycles. The van der Waals surface area contributed by atoms with Gasteiger partial charge in [-0.3, -0.25) is 0 Å². The molecule has 0 amide bonds. The third-order valence-electron chi connectivity index (χ3n) is 5.81. The zero-order valence-corrected chi connectivity index (χ0v) is 21.7. The molecule has 0 atom stereocenters. The molecule has 0 radical (unpaired) electrons. The van der Waals surface area contributed by atoms with Crippen molar-refractivity contribution in [3.05, 3.63) is 0 Å². The minimum absolute atomic E-state index is 0.263. The van der Waals surface area contributed by atoms with Crippen molar-refractivity contribution in [2.45, 2.75) is 92.6 Å². The highest BCUT2D eigenvalue weighted by atomic mass is 32.3. The molecule has 192 valence electrons. The van der Waals surface area contributed by atoms with Crippen LogP contribution in [0.4, 0.5) is 0 Å². The van der Waals surface area contributed by atoms with Gasteiger partial charge in [0.1, 0.15) is 11.1 Å². The van der Waals surface area contributed by atoms with E-state index in [0.717, 1.165) is 38.5 Å². The Morgan fingerprint density at radius 1 is 0.667 bits per heavy atom. The number of nitrogens with one attached hydrogen (secondary N) is 2. The zero-order chi connectivity index (χ0) is 24.8. The van der Waals surface area contributed by atoms with Crippen molar-refractivity contribution in [3.63, 3.8) is 0 Å². The molecule has 2 rings (SSSR count). The van der Waals surface area contributed by atoms with Crippen LogP contribution in [0.2, 0.25) is 0 Å². The smallest absolute Gasteiger partial charge is 0.221 e. The van der Waals surface area contributed by atoms with Gasteiger partial charge >= 0.3 is 0 Å². The highest BCUT2D eigenvalue weighted by Gasteiger charge is 2.35. The molecule has 16 heteroatoms. The van der Waals surface area contributed by atoms with Gasteiger partial charge in [0.15, 0.2) is 4.58 Å². The molecule has 2 aliphatic carbocycles. The van der Waals surface area contributed by atoms with Crippen LogP contribution < -0.4 is 9.66 Å². The molecule has 0 unspecified atom stereocenters. The second kappa shape index (κ2) is 11.4. The van der Waals surface area contributed by atoms with E-state index in [1.165, 1.54) is 6.92 Å². The first-order chi connectivity index (χ1) is 15.3. The van der Waals surface area contributed by atoms with Crippen molar-refractivity contribution in [2.75, 3.05) is 0 Å². The molecule has 2 saturated carbocycles. The van der Waals surface area contributed by atoms with Gasteiger partial charge in [-0.15, -0.1) is 0 Å². The zero-order valence-electron chi connectivity index (χ0n) is 18.5. The van der Waals surface area contributed by atoms with E-state index in [4.69, 9.17) is 0 Å².